The van der Waals surface area contributed by atoms with Crippen molar-refractivity contribution >= 4 is 50.5 Å². The number of benzene rings is 2. The molecule has 29 heavy (non-hydrogen) atoms. The van der Waals surface area contributed by atoms with E-state index in [0.717, 1.165) is 5.56 Å². The van der Waals surface area contributed by atoms with E-state index < -0.39 is 0 Å². The molecule has 0 aliphatic carbocycles. The first-order valence-corrected chi connectivity index (χ1v) is 9.96. The van der Waals surface area contributed by atoms with Gasteiger partial charge in [-0.25, -0.2) is 4.99 Å². The average Bonchev–Trinajstić information content (AvgIpc) is 3.07. The van der Waals surface area contributed by atoms with E-state index in [1.165, 1.54) is 18.9 Å². The van der Waals surface area contributed by atoms with Crippen molar-refractivity contribution in [3.63, 3.8) is 0 Å². The van der Waals surface area contributed by atoms with E-state index in [1.807, 2.05) is 24.3 Å². The van der Waals surface area contributed by atoms with Gasteiger partial charge in [-0.1, -0.05) is 28.1 Å². The van der Waals surface area contributed by atoms with Gasteiger partial charge >= 0.3 is 0 Å². The van der Waals surface area contributed by atoms with Crippen LogP contribution in [0, 0.1) is 11.3 Å². The zero-order chi connectivity index (χ0) is 20.8. The van der Waals surface area contributed by atoms with Crippen LogP contribution in [-0.2, 0) is 4.79 Å². The fraction of sp³-hybridized carbons (Fsp3) is 0.150. The van der Waals surface area contributed by atoms with Gasteiger partial charge in [0.1, 0.15) is 17.5 Å². The van der Waals surface area contributed by atoms with Gasteiger partial charge in [0.25, 0.3) is 5.91 Å². The Hall–Kier alpha value is -2.96. The quantitative estimate of drug-likeness (QED) is 0.629. The molecule has 1 fully saturated rings. The zero-order valence-electron chi connectivity index (χ0n) is 15.6. The molecular weight excluding hydrogens is 458 g/mol. The number of amidine groups is 1. The maximum absolute atomic E-state index is 12.4. The van der Waals surface area contributed by atoms with E-state index in [0.29, 0.717) is 37.5 Å². The maximum Gasteiger partial charge on any atom is 0.264 e. The standard InChI is InChI=1S/C20H16BrN3O4S/c1-26-15-6-4-3-5-14(15)23-20-24-19(25)18(29-20)10-12-9-16(27-2)17(11-13(12)21)28-8-7-22/h3-6,9-11H,8H2,1-2H3,(H,23,24,25)/b18-10-. The topological polar surface area (TPSA) is 92.9 Å². The Morgan fingerprint density at radius 2 is 1.97 bits per heavy atom. The molecule has 0 atom stereocenters. The first-order chi connectivity index (χ1) is 14.0. The predicted octanol–water partition coefficient (Wildman–Crippen LogP) is 4.26. The lowest BCUT2D eigenvalue weighted by Gasteiger charge is -2.11. The third-order valence-electron chi connectivity index (χ3n) is 3.82. The molecule has 0 bridgehead atoms. The minimum atomic E-state index is -0.251. The number of carbonyl (C=O) groups excluding carboxylic acids is 1. The fourth-order valence-corrected chi connectivity index (χ4v) is 3.76. The number of nitrogens with one attached hydrogen (secondary N) is 1. The predicted molar refractivity (Wildman–Crippen MR) is 116 cm³/mol. The van der Waals surface area contributed by atoms with Gasteiger partial charge in [-0.15, -0.1) is 0 Å². The van der Waals surface area contributed by atoms with Crippen LogP contribution in [-0.4, -0.2) is 31.9 Å². The Morgan fingerprint density at radius 3 is 2.69 bits per heavy atom. The smallest absolute Gasteiger partial charge is 0.264 e. The second-order valence-electron chi connectivity index (χ2n) is 5.62. The molecule has 2 aromatic carbocycles. The van der Waals surface area contributed by atoms with Crippen molar-refractivity contribution < 1.29 is 19.0 Å². The molecule has 0 aromatic heterocycles. The highest BCUT2D eigenvalue weighted by molar-refractivity contribution is 9.10. The summed E-state index contributed by atoms with van der Waals surface area (Å²) in [6.45, 7) is -0.0930. The van der Waals surface area contributed by atoms with Crippen molar-refractivity contribution in [2.24, 2.45) is 4.99 Å². The summed E-state index contributed by atoms with van der Waals surface area (Å²) < 4.78 is 16.7. The summed E-state index contributed by atoms with van der Waals surface area (Å²) >= 11 is 4.69. The Bertz CT molecular complexity index is 1050. The van der Waals surface area contributed by atoms with Gasteiger partial charge in [-0.3, -0.25) is 4.79 Å². The number of thioether (sulfide) groups is 1. The van der Waals surface area contributed by atoms with Crippen LogP contribution in [0.4, 0.5) is 5.69 Å². The van der Waals surface area contributed by atoms with E-state index in [-0.39, 0.29) is 12.5 Å². The number of carbonyl (C=O) groups is 1. The Labute approximate surface area is 180 Å². The number of hydrogen-bond acceptors (Lipinski definition) is 7. The van der Waals surface area contributed by atoms with Gasteiger partial charge in [0, 0.05) is 4.47 Å². The second kappa shape index (κ2) is 9.49. The van der Waals surface area contributed by atoms with E-state index >= 15 is 0 Å². The monoisotopic (exact) mass is 473 g/mol. The third kappa shape index (κ3) is 4.91. The fourth-order valence-electron chi connectivity index (χ4n) is 2.50. The molecule has 1 amide bonds. The molecule has 1 aliphatic rings. The van der Waals surface area contributed by atoms with Gasteiger partial charge in [-0.05, 0) is 47.7 Å². The molecule has 1 aliphatic heterocycles. The second-order valence-corrected chi connectivity index (χ2v) is 7.51. The highest BCUT2D eigenvalue weighted by Gasteiger charge is 2.25. The average molecular weight is 474 g/mol. The third-order valence-corrected chi connectivity index (χ3v) is 5.42. The number of ether oxygens (including phenoxy) is 3. The van der Waals surface area contributed by atoms with Crippen LogP contribution < -0.4 is 19.5 Å². The first kappa shape index (κ1) is 20.8. The lowest BCUT2D eigenvalue weighted by Crippen LogP contribution is -2.19. The van der Waals surface area contributed by atoms with Crippen molar-refractivity contribution in [1.29, 1.82) is 5.26 Å². The molecule has 148 valence electrons. The number of nitriles is 1. The molecule has 0 unspecified atom stereocenters. The van der Waals surface area contributed by atoms with Gasteiger partial charge in [0.15, 0.2) is 23.3 Å². The highest BCUT2D eigenvalue weighted by atomic mass is 79.9. The summed E-state index contributed by atoms with van der Waals surface area (Å²) in [5.74, 6) is 1.26. The van der Waals surface area contributed by atoms with Crippen LogP contribution in [0.5, 0.6) is 17.2 Å². The number of nitrogens with zero attached hydrogens (tertiary/aromatic N) is 2. The molecule has 0 saturated carbocycles. The Morgan fingerprint density at radius 1 is 1.21 bits per heavy atom. The number of halogens is 1. The summed E-state index contributed by atoms with van der Waals surface area (Å²) in [7, 11) is 3.08. The zero-order valence-corrected chi connectivity index (χ0v) is 18.0. The molecule has 1 N–H and O–H groups in total. The SMILES string of the molecule is COc1ccccc1N=C1NC(=O)/C(=C/c2cc(OC)c(OCC#N)cc2Br)S1. The molecule has 0 radical (unpaired) electrons. The van der Waals surface area contributed by atoms with E-state index in [1.54, 1.807) is 31.4 Å². The van der Waals surface area contributed by atoms with Gasteiger partial charge < -0.3 is 19.5 Å². The number of rotatable bonds is 6. The van der Waals surface area contributed by atoms with Crippen LogP contribution in [0.1, 0.15) is 5.56 Å². The molecule has 0 spiro atoms. The van der Waals surface area contributed by atoms with Crippen LogP contribution in [0.25, 0.3) is 6.08 Å². The maximum atomic E-state index is 12.4. The number of methoxy groups -OCH3 is 2. The number of aliphatic imine (C=N–C) groups is 1. The molecular formula is C20H16BrN3O4S. The Kier molecular flexibility index (Phi) is 6.80. The molecule has 2 aromatic rings. The van der Waals surface area contributed by atoms with E-state index in [4.69, 9.17) is 19.5 Å². The minimum absolute atomic E-state index is 0.0930. The van der Waals surface area contributed by atoms with Crippen LogP contribution in [0.15, 0.2) is 50.8 Å². The number of amides is 1. The van der Waals surface area contributed by atoms with Crippen LogP contribution in [0.3, 0.4) is 0 Å². The summed E-state index contributed by atoms with van der Waals surface area (Å²) in [5, 5.41) is 11.9. The number of para-hydroxylation sites is 2. The number of hydrogen-bond donors (Lipinski definition) is 1. The molecule has 1 heterocycles. The van der Waals surface area contributed by atoms with E-state index in [2.05, 4.69) is 26.2 Å². The molecule has 7 nitrogen and oxygen atoms in total. The van der Waals surface area contributed by atoms with Crippen molar-refractivity contribution in [3.8, 4) is 23.3 Å². The largest absolute Gasteiger partial charge is 0.494 e. The summed E-state index contributed by atoms with van der Waals surface area (Å²) in [6.07, 6.45) is 1.73. The highest BCUT2D eigenvalue weighted by Crippen LogP contribution is 2.37. The van der Waals surface area contributed by atoms with Crippen molar-refractivity contribution in [2.45, 2.75) is 0 Å². The van der Waals surface area contributed by atoms with Gasteiger partial charge in [0.2, 0.25) is 0 Å². The van der Waals surface area contributed by atoms with E-state index in [9.17, 15) is 4.79 Å². The summed E-state index contributed by atoms with van der Waals surface area (Å²) in [6, 6.07) is 12.6. The molecule has 3 rings (SSSR count). The minimum Gasteiger partial charge on any atom is -0.494 e. The van der Waals surface area contributed by atoms with Crippen LogP contribution in [0.2, 0.25) is 0 Å². The normalized spacial score (nSPS) is 15.9. The summed E-state index contributed by atoms with van der Waals surface area (Å²) in [4.78, 5) is 17.3. The lowest BCUT2D eigenvalue weighted by molar-refractivity contribution is -0.115. The van der Waals surface area contributed by atoms with Crippen molar-refractivity contribution in [2.75, 3.05) is 20.8 Å². The van der Waals surface area contributed by atoms with Crippen molar-refractivity contribution in [3.05, 3.63) is 51.3 Å². The summed E-state index contributed by atoms with van der Waals surface area (Å²) in [5.41, 5.74) is 1.35. The van der Waals surface area contributed by atoms with Gasteiger partial charge in [0.05, 0.1) is 19.1 Å². The molecule has 9 heteroatoms. The first-order valence-electron chi connectivity index (χ1n) is 8.35. The molecule has 1 saturated heterocycles. The van der Waals surface area contributed by atoms with Crippen molar-refractivity contribution in [1.82, 2.24) is 5.32 Å². The Balaban J connectivity index is 1.88. The van der Waals surface area contributed by atoms with Crippen LogP contribution >= 0.6 is 27.7 Å². The lowest BCUT2D eigenvalue weighted by atomic mass is 10.2. The van der Waals surface area contributed by atoms with Gasteiger partial charge in [-0.2, -0.15) is 5.26 Å².